The third-order valence-electron chi connectivity index (χ3n) is 6.02. The third kappa shape index (κ3) is 4.79. The van der Waals surface area contributed by atoms with Crippen molar-refractivity contribution in [3.05, 3.63) is 75.7 Å². The van der Waals surface area contributed by atoms with Gasteiger partial charge in [0.1, 0.15) is 0 Å². The van der Waals surface area contributed by atoms with Gasteiger partial charge in [0.2, 0.25) is 5.78 Å². The maximum absolute atomic E-state index is 13.7. The quantitative estimate of drug-likeness (QED) is 0.297. The molecule has 1 amide bonds. The zero-order valence-electron chi connectivity index (χ0n) is 20.1. The number of hydrogen-bond donors (Lipinski definition) is 1. The van der Waals surface area contributed by atoms with Gasteiger partial charge in [0, 0.05) is 29.6 Å². The van der Waals surface area contributed by atoms with E-state index in [1.807, 2.05) is 45.0 Å². The maximum atomic E-state index is 13.7. The van der Waals surface area contributed by atoms with Gasteiger partial charge in [-0.2, -0.15) is 0 Å². The summed E-state index contributed by atoms with van der Waals surface area (Å²) in [5, 5.41) is 11.9. The maximum Gasteiger partial charge on any atom is 0.290 e. The summed E-state index contributed by atoms with van der Waals surface area (Å²) in [6, 6.07) is 11.5. The molecule has 3 aromatic rings. The number of methoxy groups -OCH3 is 1. The Morgan fingerprint density at radius 1 is 1.23 bits per heavy atom. The lowest BCUT2D eigenvalue weighted by molar-refractivity contribution is -0.129. The summed E-state index contributed by atoms with van der Waals surface area (Å²) in [6.45, 7) is 6.56. The molecule has 1 N–H and O–H groups in total. The van der Waals surface area contributed by atoms with Gasteiger partial charge in [-0.3, -0.25) is 9.59 Å². The number of nitrogens with zero attached hydrogens (tertiary/aromatic N) is 1. The van der Waals surface area contributed by atoms with Crippen LogP contribution in [0.3, 0.4) is 0 Å². The van der Waals surface area contributed by atoms with Crippen LogP contribution in [0.5, 0.6) is 5.75 Å². The van der Waals surface area contributed by atoms with Crippen molar-refractivity contribution in [2.24, 2.45) is 0 Å². The van der Waals surface area contributed by atoms with Crippen LogP contribution in [0, 0.1) is 6.92 Å². The second kappa shape index (κ2) is 10.1. The number of fused-ring (bicyclic) bond motifs is 1. The Kier molecular flexibility index (Phi) is 7.19. The summed E-state index contributed by atoms with van der Waals surface area (Å²) < 4.78 is 16.8. The number of ketones is 1. The molecule has 0 radical (unpaired) electrons. The molecule has 1 aromatic heterocycles. The Morgan fingerprint density at radius 2 is 1.97 bits per heavy atom. The zero-order valence-corrected chi connectivity index (χ0v) is 20.9. The Hall–Kier alpha value is -3.29. The molecule has 0 saturated heterocycles. The molecule has 4 rings (SSSR count). The van der Waals surface area contributed by atoms with Crippen molar-refractivity contribution < 1.29 is 28.6 Å². The van der Waals surface area contributed by atoms with Gasteiger partial charge in [0.25, 0.3) is 5.91 Å². The molecule has 1 atom stereocenters. The van der Waals surface area contributed by atoms with Crippen molar-refractivity contribution in [3.8, 4) is 5.75 Å². The average molecular weight is 498 g/mol. The van der Waals surface area contributed by atoms with Crippen LogP contribution in [0.4, 0.5) is 0 Å². The van der Waals surface area contributed by atoms with E-state index in [9.17, 15) is 14.7 Å². The molecule has 0 fully saturated rings. The Balaban J connectivity index is 1.75. The second-order valence-electron chi connectivity index (χ2n) is 8.76. The third-order valence-corrected chi connectivity index (χ3v) is 6.23. The summed E-state index contributed by atoms with van der Waals surface area (Å²) in [7, 11) is 1.48. The van der Waals surface area contributed by atoms with E-state index < -0.39 is 23.5 Å². The molecule has 1 unspecified atom stereocenters. The largest absolute Gasteiger partial charge is 0.503 e. The number of ether oxygens (including phenoxy) is 2. The van der Waals surface area contributed by atoms with Gasteiger partial charge in [0.15, 0.2) is 22.9 Å². The van der Waals surface area contributed by atoms with Crippen LogP contribution >= 0.6 is 11.6 Å². The van der Waals surface area contributed by atoms with Crippen molar-refractivity contribution in [1.82, 2.24) is 4.90 Å². The van der Waals surface area contributed by atoms with Gasteiger partial charge in [-0.15, -0.1) is 0 Å². The van der Waals surface area contributed by atoms with Gasteiger partial charge in [-0.25, -0.2) is 0 Å². The predicted octanol–water partition coefficient (Wildman–Crippen LogP) is 5.80. The van der Waals surface area contributed by atoms with Crippen LogP contribution in [0.2, 0.25) is 5.02 Å². The Morgan fingerprint density at radius 3 is 2.66 bits per heavy atom. The van der Waals surface area contributed by atoms with Crippen LogP contribution in [-0.4, -0.2) is 48.1 Å². The first-order valence-electron chi connectivity index (χ1n) is 11.5. The summed E-state index contributed by atoms with van der Waals surface area (Å²) in [5.41, 5.74) is 2.00. The lowest BCUT2D eigenvalue weighted by atomic mass is 9.92. The molecule has 2 aromatic carbocycles. The molecule has 2 heterocycles. The highest BCUT2D eigenvalue weighted by Crippen LogP contribution is 2.41. The second-order valence-corrected chi connectivity index (χ2v) is 9.20. The monoisotopic (exact) mass is 497 g/mol. The van der Waals surface area contributed by atoms with E-state index in [1.165, 1.54) is 12.0 Å². The van der Waals surface area contributed by atoms with Crippen molar-refractivity contribution in [1.29, 1.82) is 0 Å². The zero-order chi connectivity index (χ0) is 25.3. The summed E-state index contributed by atoms with van der Waals surface area (Å²) in [5.74, 6) is -1.37. The number of aryl methyl sites for hydroxylation is 1. The molecule has 7 nitrogen and oxygen atoms in total. The summed E-state index contributed by atoms with van der Waals surface area (Å²) >= 11 is 6.16. The normalized spacial score (nSPS) is 16.1. The molecule has 0 spiro atoms. The smallest absolute Gasteiger partial charge is 0.290 e. The molecule has 184 valence electrons. The van der Waals surface area contributed by atoms with Crippen LogP contribution in [0.25, 0.3) is 11.0 Å². The molecule has 0 aliphatic carbocycles. The van der Waals surface area contributed by atoms with Crippen LogP contribution in [0.15, 0.2) is 58.2 Å². The number of benzene rings is 2. The molecular weight excluding hydrogens is 470 g/mol. The van der Waals surface area contributed by atoms with E-state index in [-0.39, 0.29) is 17.4 Å². The minimum Gasteiger partial charge on any atom is -0.503 e. The van der Waals surface area contributed by atoms with Gasteiger partial charge in [-0.05, 0) is 50.5 Å². The number of rotatable bonds is 9. The highest BCUT2D eigenvalue weighted by Gasteiger charge is 2.44. The standard InChI is InChI=1S/C27H28ClNO6/c1-15(2)34-11-7-10-29-23(19-9-6-5-8-16(19)3)22(25(31)27(29)32)24(30)20-13-17-12-18(28)14-21(33-4)26(17)35-20/h5-6,8-9,12-15,23,31H,7,10-11H2,1-4H3. The van der Waals surface area contributed by atoms with Crippen molar-refractivity contribution >= 4 is 34.3 Å². The van der Waals surface area contributed by atoms with E-state index in [0.717, 1.165) is 11.1 Å². The number of aliphatic hydroxyl groups is 1. The number of furan rings is 1. The molecular formula is C27H28ClNO6. The number of aliphatic hydroxyl groups excluding tert-OH is 1. The molecule has 0 saturated carbocycles. The predicted molar refractivity (Wildman–Crippen MR) is 133 cm³/mol. The van der Waals surface area contributed by atoms with E-state index in [1.54, 1.807) is 18.2 Å². The minimum atomic E-state index is -0.756. The van der Waals surface area contributed by atoms with E-state index >= 15 is 0 Å². The van der Waals surface area contributed by atoms with E-state index in [0.29, 0.717) is 41.3 Å². The minimum absolute atomic E-state index is 0.0153. The highest BCUT2D eigenvalue weighted by molar-refractivity contribution is 6.31. The first-order valence-corrected chi connectivity index (χ1v) is 11.8. The van der Waals surface area contributed by atoms with E-state index in [4.69, 9.17) is 25.5 Å². The molecule has 8 heteroatoms. The van der Waals surface area contributed by atoms with Gasteiger partial charge in [-0.1, -0.05) is 35.9 Å². The van der Waals surface area contributed by atoms with Gasteiger partial charge < -0.3 is 23.9 Å². The number of Topliss-reactive ketones (excluding diaryl/α,β-unsaturated/α-hetero) is 1. The molecule has 0 bridgehead atoms. The molecule has 1 aliphatic rings. The van der Waals surface area contributed by atoms with Crippen LogP contribution < -0.4 is 4.74 Å². The molecule has 1 aliphatic heterocycles. The fourth-order valence-corrected chi connectivity index (χ4v) is 4.59. The number of carbonyl (C=O) groups is 2. The van der Waals surface area contributed by atoms with E-state index in [2.05, 4.69) is 0 Å². The summed E-state index contributed by atoms with van der Waals surface area (Å²) in [4.78, 5) is 28.4. The number of carbonyl (C=O) groups excluding carboxylic acids is 2. The molecule has 35 heavy (non-hydrogen) atoms. The lowest BCUT2D eigenvalue weighted by Gasteiger charge is -2.28. The van der Waals surface area contributed by atoms with Crippen molar-refractivity contribution in [2.75, 3.05) is 20.3 Å². The number of halogens is 1. The topological polar surface area (TPSA) is 89.2 Å². The number of hydrogen-bond acceptors (Lipinski definition) is 6. The highest BCUT2D eigenvalue weighted by atomic mass is 35.5. The van der Waals surface area contributed by atoms with Gasteiger partial charge >= 0.3 is 0 Å². The number of amides is 1. The lowest BCUT2D eigenvalue weighted by Crippen LogP contribution is -2.33. The average Bonchev–Trinajstić information content (AvgIpc) is 3.35. The Labute approximate surface area is 208 Å². The summed E-state index contributed by atoms with van der Waals surface area (Å²) in [6.07, 6.45) is 0.625. The van der Waals surface area contributed by atoms with Crippen LogP contribution in [0.1, 0.15) is 48.0 Å². The first kappa shape index (κ1) is 24.8. The van der Waals surface area contributed by atoms with Gasteiger partial charge in [0.05, 0.1) is 24.8 Å². The fourth-order valence-electron chi connectivity index (χ4n) is 4.37. The Bertz CT molecular complexity index is 1310. The van der Waals surface area contributed by atoms with Crippen molar-refractivity contribution in [2.45, 2.75) is 39.3 Å². The first-order chi connectivity index (χ1) is 16.7. The van der Waals surface area contributed by atoms with Crippen molar-refractivity contribution in [3.63, 3.8) is 0 Å². The SMILES string of the molecule is COc1cc(Cl)cc2cc(C(=O)C3=C(O)C(=O)N(CCCOC(C)C)C3c3ccccc3C)oc12. The van der Waals surface area contributed by atoms with Crippen LogP contribution in [-0.2, 0) is 9.53 Å². The fraction of sp³-hybridized carbons (Fsp3) is 0.333.